The van der Waals surface area contributed by atoms with E-state index in [0.29, 0.717) is 5.92 Å². The van der Waals surface area contributed by atoms with Crippen LogP contribution < -0.4 is 0 Å². The summed E-state index contributed by atoms with van der Waals surface area (Å²) in [5.74, 6) is 0.911. The molecule has 3 unspecified atom stereocenters. The van der Waals surface area contributed by atoms with Crippen molar-refractivity contribution in [3.63, 3.8) is 0 Å². The molecule has 0 spiro atoms. The summed E-state index contributed by atoms with van der Waals surface area (Å²) < 4.78 is 12.2. The number of aryl methyl sites for hydroxylation is 1. The molecule has 3 atom stereocenters. The second-order valence-electron chi connectivity index (χ2n) is 5.25. The monoisotopic (exact) mass is 284 g/mol. The zero-order valence-corrected chi connectivity index (χ0v) is 12.6. The highest BCUT2D eigenvalue weighted by atomic mass is 32.2. The van der Waals surface area contributed by atoms with Crippen LogP contribution in [0.3, 0.4) is 0 Å². The van der Waals surface area contributed by atoms with Gasteiger partial charge in [0.25, 0.3) is 0 Å². The Morgan fingerprint density at radius 1 is 1.44 bits per heavy atom. The second kappa shape index (κ2) is 6.11. The maximum Gasteiger partial charge on any atom is 0.185 e. The molecule has 1 aliphatic carbocycles. The zero-order valence-electron chi connectivity index (χ0n) is 11.0. The Bertz CT molecular complexity index is 450. The van der Waals surface area contributed by atoms with Gasteiger partial charge in [-0.1, -0.05) is 19.8 Å². The lowest BCUT2D eigenvalue weighted by Gasteiger charge is -2.25. The van der Waals surface area contributed by atoms with Crippen molar-refractivity contribution >= 4 is 27.9 Å². The third-order valence-electron chi connectivity index (χ3n) is 3.55. The molecule has 1 saturated carbocycles. The quantitative estimate of drug-likeness (QED) is 0.792. The summed E-state index contributed by atoms with van der Waals surface area (Å²) in [6, 6.07) is 3.80. The third kappa shape index (κ3) is 3.51. The van der Waals surface area contributed by atoms with Crippen LogP contribution in [0, 0.1) is 12.8 Å². The number of hydrogen-bond donors (Lipinski definition) is 0. The van der Waals surface area contributed by atoms with Gasteiger partial charge in [-0.15, -0.1) is 11.3 Å². The summed E-state index contributed by atoms with van der Waals surface area (Å²) in [4.78, 5) is 13.9. The Balaban J connectivity index is 1.92. The van der Waals surface area contributed by atoms with Crippen LogP contribution in [0.2, 0.25) is 0 Å². The SMILES string of the molecule is Cc1ccc(C(=O)CS(=O)C2CCCC(C)C2)s1. The summed E-state index contributed by atoms with van der Waals surface area (Å²) in [5, 5.41) is 0.235. The van der Waals surface area contributed by atoms with E-state index in [2.05, 4.69) is 6.92 Å². The lowest BCUT2D eigenvalue weighted by molar-refractivity contribution is 0.102. The van der Waals surface area contributed by atoms with Crippen molar-refractivity contribution in [1.82, 2.24) is 0 Å². The number of hydrogen-bond acceptors (Lipinski definition) is 3. The molecule has 4 heteroatoms. The predicted octanol–water partition coefficient (Wildman–Crippen LogP) is 3.57. The highest BCUT2D eigenvalue weighted by Crippen LogP contribution is 2.27. The van der Waals surface area contributed by atoms with Gasteiger partial charge in [0.05, 0.1) is 10.6 Å². The molecule has 2 rings (SSSR count). The number of rotatable bonds is 4. The van der Waals surface area contributed by atoms with Crippen LogP contribution in [0.5, 0.6) is 0 Å². The summed E-state index contributed by atoms with van der Waals surface area (Å²) in [6.07, 6.45) is 4.44. The first-order valence-corrected chi connectivity index (χ1v) is 8.73. The fourth-order valence-electron chi connectivity index (χ4n) is 2.52. The Labute approximate surface area is 115 Å². The smallest absolute Gasteiger partial charge is 0.185 e. The fraction of sp³-hybridized carbons (Fsp3) is 0.643. The summed E-state index contributed by atoms with van der Waals surface area (Å²) in [5.41, 5.74) is 0. The zero-order chi connectivity index (χ0) is 13.1. The van der Waals surface area contributed by atoms with E-state index in [1.165, 1.54) is 17.8 Å². The summed E-state index contributed by atoms with van der Waals surface area (Å²) in [6.45, 7) is 4.20. The van der Waals surface area contributed by atoms with E-state index in [1.54, 1.807) is 0 Å². The van der Waals surface area contributed by atoms with Crippen molar-refractivity contribution in [1.29, 1.82) is 0 Å². The van der Waals surface area contributed by atoms with E-state index in [-0.39, 0.29) is 16.8 Å². The van der Waals surface area contributed by atoms with Gasteiger partial charge in [0, 0.05) is 20.9 Å². The van der Waals surface area contributed by atoms with Crippen LogP contribution in [-0.4, -0.2) is 21.0 Å². The van der Waals surface area contributed by atoms with Crippen molar-refractivity contribution < 1.29 is 9.00 Å². The maximum absolute atomic E-state index is 12.2. The fourth-order valence-corrected chi connectivity index (χ4v) is 5.04. The first-order valence-electron chi connectivity index (χ1n) is 6.53. The molecule has 18 heavy (non-hydrogen) atoms. The molecule has 0 radical (unpaired) electrons. The van der Waals surface area contributed by atoms with Crippen molar-refractivity contribution in [2.75, 3.05) is 5.75 Å². The molecule has 2 nitrogen and oxygen atoms in total. The molecule has 0 N–H and O–H groups in total. The summed E-state index contributed by atoms with van der Waals surface area (Å²) >= 11 is 1.50. The van der Waals surface area contributed by atoms with Gasteiger partial charge in [0.2, 0.25) is 0 Å². The van der Waals surface area contributed by atoms with Gasteiger partial charge in [-0.2, -0.15) is 0 Å². The molecule has 1 aliphatic rings. The number of Topliss-reactive ketones (excluding diaryl/α,β-unsaturated/α-hetero) is 1. The normalized spacial score (nSPS) is 25.9. The topological polar surface area (TPSA) is 34.1 Å². The first kappa shape index (κ1) is 13.9. The van der Waals surface area contributed by atoms with Crippen LogP contribution in [-0.2, 0) is 10.8 Å². The predicted molar refractivity (Wildman–Crippen MR) is 77.8 cm³/mol. The highest BCUT2D eigenvalue weighted by Gasteiger charge is 2.25. The van der Waals surface area contributed by atoms with Crippen molar-refractivity contribution in [2.45, 2.75) is 44.8 Å². The Morgan fingerprint density at radius 2 is 2.22 bits per heavy atom. The molecule has 1 aromatic heterocycles. The van der Waals surface area contributed by atoms with E-state index in [0.717, 1.165) is 29.0 Å². The molecule has 100 valence electrons. The lowest BCUT2D eigenvalue weighted by Crippen LogP contribution is -2.27. The molecule has 1 aromatic rings. The minimum Gasteiger partial charge on any atom is -0.292 e. The first-order chi connectivity index (χ1) is 8.56. The van der Waals surface area contributed by atoms with E-state index >= 15 is 0 Å². The number of ketones is 1. The molecular formula is C14H20O2S2. The molecule has 0 aliphatic heterocycles. The average molecular weight is 284 g/mol. The van der Waals surface area contributed by atoms with Crippen LogP contribution in [0.25, 0.3) is 0 Å². The molecule has 0 amide bonds. The van der Waals surface area contributed by atoms with Crippen LogP contribution in [0.1, 0.15) is 47.2 Å². The van der Waals surface area contributed by atoms with Gasteiger partial charge < -0.3 is 0 Å². The largest absolute Gasteiger partial charge is 0.292 e. The van der Waals surface area contributed by atoms with Crippen molar-refractivity contribution in [3.8, 4) is 0 Å². The molecule has 1 heterocycles. The van der Waals surface area contributed by atoms with Gasteiger partial charge in [-0.25, -0.2) is 0 Å². The van der Waals surface area contributed by atoms with E-state index in [4.69, 9.17) is 0 Å². The molecule has 0 aromatic carbocycles. The Hall–Kier alpha value is -0.480. The average Bonchev–Trinajstić information content (AvgIpc) is 2.76. The van der Waals surface area contributed by atoms with Crippen molar-refractivity contribution in [2.24, 2.45) is 5.92 Å². The molecule has 1 fully saturated rings. The lowest BCUT2D eigenvalue weighted by atomic mass is 9.91. The minimum atomic E-state index is -0.991. The van der Waals surface area contributed by atoms with Crippen LogP contribution in [0.15, 0.2) is 12.1 Å². The minimum absolute atomic E-state index is 0.0460. The van der Waals surface area contributed by atoms with Crippen LogP contribution in [0.4, 0.5) is 0 Å². The number of thiophene rings is 1. The van der Waals surface area contributed by atoms with Crippen molar-refractivity contribution in [3.05, 3.63) is 21.9 Å². The van der Waals surface area contributed by atoms with E-state index < -0.39 is 10.8 Å². The highest BCUT2D eigenvalue weighted by molar-refractivity contribution is 7.86. The van der Waals surface area contributed by atoms with Gasteiger partial charge in [-0.3, -0.25) is 9.00 Å². The van der Waals surface area contributed by atoms with Gasteiger partial charge in [0.1, 0.15) is 0 Å². The standard InChI is InChI=1S/C14H20O2S2/c1-10-4-3-5-12(8-10)18(16)9-13(15)14-7-6-11(2)17-14/h6-7,10,12H,3-5,8-9H2,1-2H3. The summed E-state index contributed by atoms with van der Waals surface area (Å²) in [7, 11) is -0.991. The Kier molecular flexibility index (Phi) is 4.73. The molecular weight excluding hydrogens is 264 g/mol. The second-order valence-corrected chi connectivity index (χ2v) is 8.26. The molecule has 0 bridgehead atoms. The van der Waals surface area contributed by atoms with Gasteiger partial charge in [-0.05, 0) is 37.8 Å². The van der Waals surface area contributed by atoms with Gasteiger partial charge >= 0.3 is 0 Å². The number of carbonyl (C=O) groups excluding carboxylic acids is 1. The number of carbonyl (C=O) groups is 1. The third-order valence-corrected chi connectivity index (χ3v) is 6.31. The van der Waals surface area contributed by atoms with Crippen LogP contribution >= 0.6 is 11.3 Å². The molecule has 0 saturated heterocycles. The Morgan fingerprint density at radius 3 is 2.83 bits per heavy atom. The van der Waals surface area contributed by atoms with E-state index in [9.17, 15) is 9.00 Å². The van der Waals surface area contributed by atoms with E-state index in [1.807, 2.05) is 19.1 Å². The van der Waals surface area contributed by atoms with Gasteiger partial charge in [0.15, 0.2) is 5.78 Å². The maximum atomic E-state index is 12.2.